The lowest BCUT2D eigenvalue weighted by molar-refractivity contribution is -0.161. The monoisotopic (exact) mass is 819 g/mol. The first kappa shape index (κ1) is 56.6. The molecule has 0 spiro atoms. The van der Waals surface area contributed by atoms with Gasteiger partial charge in [-0.15, -0.1) is 0 Å². The van der Waals surface area contributed by atoms with Gasteiger partial charge in [-0.1, -0.05) is 257 Å². The van der Waals surface area contributed by atoms with Crippen LogP contribution in [0.15, 0.2) is 12.2 Å². The smallest absolute Gasteiger partial charge is 0.306 e. The quantitative estimate of drug-likeness (QED) is 0.0376. The molecule has 0 rings (SSSR count). The van der Waals surface area contributed by atoms with Crippen LogP contribution in [0.1, 0.15) is 296 Å². The number of carbonyl (C=O) groups is 2. The van der Waals surface area contributed by atoms with Crippen LogP contribution >= 0.6 is 0 Å². The molecule has 0 aromatic rings. The maximum atomic E-state index is 12.2. The summed E-state index contributed by atoms with van der Waals surface area (Å²) in [5, 5.41) is 9.61. The molecule has 0 heterocycles. The molecule has 5 heteroatoms. The van der Waals surface area contributed by atoms with Crippen molar-refractivity contribution in [2.75, 3.05) is 13.2 Å². The summed E-state index contributed by atoms with van der Waals surface area (Å²) < 4.78 is 10.7. The Hall–Kier alpha value is -1.36. The highest BCUT2D eigenvalue weighted by Gasteiger charge is 2.16. The molecule has 0 amide bonds. The van der Waals surface area contributed by atoms with Gasteiger partial charge in [0.25, 0.3) is 0 Å². The van der Waals surface area contributed by atoms with Crippen molar-refractivity contribution in [2.45, 2.75) is 302 Å². The van der Waals surface area contributed by atoms with Crippen molar-refractivity contribution in [1.29, 1.82) is 0 Å². The SMILES string of the molecule is CCCCCCCCC/C=C\CCCCCCCC(=O)OC(CO)COC(=O)CCCCCCCCCCCCCCCCCCCCCCCCCCCCCC. The van der Waals surface area contributed by atoms with Crippen molar-refractivity contribution >= 4 is 11.9 Å². The van der Waals surface area contributed by atoms with Gasteiger partial charge in [0.15, 0.2) is 6.10 Å². The fourth-order valence-electron chi connectivity index (χ4n) is 8.08. The fourth-order valence-corrected chi connectivity index (χ4v) is 8.08. The van der Waals surface area contributed by atoms with Crippen LogP contribution in [0.25, 0.3) is 0 Å². The van der Waals surface area contributed by atoms with E-state index in [1.54, 1.807) is 0 Å². The van der Waals surface area contributed by atoms with Gasteiger partial charge in [-0.2, -0.15) is 0 Å². The van der Waals surface area contributed by atoms with E-state index >= 15 is 0 Å². The number of ether oxygens (including phenoxy) is 2. The first-order valence-corrected chi connectivity index (χ1v) is 26.2. The van der Waals surface area contributed by atoms with E-state index in [-0.39, 0.29) is 25.2 Å². The molecule has 1 unspecified atom stereocenters. The van der Waals surface area contributed by atoms with E-state index in [1.807, 2.05) is 0 Å². The van der Waals surface area contributed by atoms with Gasteiger partial charge in [-0.05, 0) is 38.5 Å². The van der Waals surface area contributed by atoms with Crippen LogP contribution in [0.3, 0.4) is 0 Å². The van der Waals surface area contributed by atoms with Crippen molar-refractivity contribution in [2.24, 2.45) is 0 Å². The van der Waals surface area contributed by atoms with Gasteiger partial charge >= 0.3 is 11.9 Å². The number of rotatable bonds is 49. The molecule has 0 aromatic heterocycles. The zero-order valence-corrected chi connectivity index (χ0v) is 39.3. The van der Waals surface area contributed by atoms with Gasteiger partial charge in [-0.3, -0.25) is 9.59 Å². The summed E-state index contributed by atoms with van der Waals surface area (Å²) in [6.07, 6.45) is 60.4. The number of carbonyl (C=O) groups excluding carboxylic acids is 2. The molecule has 0 saturated heterocycles. The van der Waals surface area contributed by atoms with Crippen LogP contribution in [0.4, 0.5) is 0 Å². The van der Waals surface area contributed by atoms with Gasteiger partial charge < -0.3 is 14.6 Å². The highest BCUT2D eigenvalue weighted by Crippen LogP contribution is 2.17. The first-order chi connectivity index (χ1) is 28.6. The van der Waals surface area contributed by atoms with E-state index < -0.39 is 6.10 Å². The second-order valence-electron chi connectivity index (χ2n) is 18.0. The Balaban J connectivity index is 3.41. The molecule has 0 aliphatic rings. The summed E-state index contributed by atoms with van der Waals surface area (Å²) in [4.78, 5) is 24.4. The van der Waals surface area contributed by atoms with Gasteiger partial charge in [0, 0.05) is 12.8 Å². The third kappa shape index (κ3) is 47.3. The van der Waals surface area contributed by atoms with Gasteiger partial charge in [0.1, 0.15) is 6.61 Å². The van der Waals surface area contributed by atoms with Crippen molar-refractivity contribution in [1.82, 2.24) is 0 Å². The molecule has 1 N–H and O–H groups in total. The Labute approximate surface area is 362 Å². The standard InChI is InChI=1S/C53H102O5/c1-3-5-7-9-11-13-15-17-19-21-22-23-24-25-26-27-28-29-30-31-32-34-35-37-39-41-43-45-47-52(55)57-50-51(49-54)58-53(56)48-46-44-42-40-38-36-33-20-18-16-14-12-10-8-6-4-2/h20,33,51,54H,3-19,21-32,34-50H2,1-2H3/b33-20-. The molecular weight excluding hydrogens is 717 g/mol. The Bertz CT molecular complexity index is 840. The summed E-state index contributed by atoms with van der Waals surface area (Å²) in [5.41, 5.74) is 0. The first-order valence-electron chi connectivity index (χ1n) is 26.2. The molecule has 0 bridgehead atoms. The van der Waals surface area contributed by atoms with Crippen LogP contribution in [-0.2, 0) is 19.1 Å². The molecule has 1 atom stereocenters. The third-order valence-corrected chi connectivity index (χ3v) is 12.1. The highest BCUT2D eigenvalue weighted by atomic mass is 16.6. The lowest BCUT2D eigenvalue weighted by Crippen LogP contribution is -2.28. The van der Waals surface area contributed by atoms with Crippen LogP contribution in [0.2, 0.25) is 0 Å². The van der Waals surface area contributed by atoms with E-state index in [9.17, 15) is 14.7 Å². The number of aliphatic hydroxyl groups is 1. The Morgan fingerprint density at radius 3 is 0.931 bits per heavy atom. The number of allylic oxidation sites excluding steroid dienone is 2. The number of aliphatic hydroxyl groups excluding tert-OH is 1. The maximum absolute atomic E-state index is 12.2. The van der Waals surface area contributed by atoms with Crippen LogP contribution in [-0.4, -0.2) is 36.4 Å². The van der Waals surface area contributed by atoms with Crippen LogP contribution in [0, 0.1) is 0 Å². The second-order valence-corrected chi connectivity index (χ2v) is 18.0. The minimum Gasteiger partial charge on any atom is -0.462 e. The number of unbranched alkanes of at least 4 members (excludes halogenated alkanes) is 39. The predicted octanol–water partition coefficient (Wildman–Crippen LogP) is 17.2. The second kappa shape index (κ2) is 50.0. The Kier molecular flexibility index (Phi) is 48.8. The third-order valence-electron chi connectivity index (χ3n) is 12.1. The molecule has 344 valence electrons. The molecule has 0 aliphatic carbocycles. The molecule has 58 heavy (non-hydrogen) atoms. The molecule has 0 saturated carbocycles. The Morgan fingerprint density at radius 2 is 0.638 bits per heavy atom. The average Bonchev–Trinajstić information content (AvgIpc) is 3.23. The largest absolute Gasteiger partial charge is 0.462 e. The predicted molar refractivity (Wildman–Crippen MR) is 252 cm³/mol. The van der Waals surface area contributed by atoms with E-state index in [1.165, 1.54) is 231 Å². The molecule has 5 nitrogen and oxygen atoms in total. The van der Waals surface area contributed by atoms with Crippen molar-refractivity contribution in [3.63, 3.8) is 0 Å². The molecule has 0 aliphatic heterocycles. The van der Waals surface area contributed by atoms with Crippen LogP contribution < -0.4 is 0 Å². The minimum atomic E-state index is -0.770. The number of hydrogen-bond donors (Lipinski definition) is 1. The summed E-state index contributed by atoms with van der Waals surface area (Å²) in [5.74, 6) is -0.582. The fraction of sp³-hybridized carbons (Fsp3) is 0.925. The van der Waals surface area contributed by atoms with E-state index in [2.05, 4.69) is 26.0 Å². The summed E-state index contributed by atoms with van der Waals surface area (Å²) in [6, 6.07) is 0. The minimum absolute atomic E-state index is 0.0624. The van der Waals surface area contributed by atoms with Crippen molar-refractivity contribution in [3.05, 3.63) is 12.2 Å². The average molecular weight is 819 g/mol. The Morgan fingerprint density at radius 1 is 0.379 bits per heavy atom. The van der Waals surface area contributed by atoms with Gasteiger partial charge in [0.2, 0.25) is 0 Å². The molecule has 0 fully saturated rings. The van der Waals surface area contributed by atoms with Crippen molar-refractivity contribution < 1.29 is 24.2 Å². The van der Waals surface area contributed by atoms with Gasteiger partial charge in [-0.25, -0.2) is 0 Å². The number of esters is 2. The number of hydrogen-bond acceptors (Lipinski definition) is 5. The summed E-state index contributed by atoms with van der Waals surface area (Å²) >= 11 is 0. The highest BCUT2D eigenvalue weighted by molar-refractivity contribution is 5.70. The lowest BCUT2D eigenvalue weighted by Gasteiger charge is -2.15. The topological polar surface area (TPSA) is 72.8 Å². The normalized spacial score (nSPS) is 12.1. The van der Waals surface area contributed by atoms with Crippen molar-refractivity contribution in [3.8, 4) is 0 Å². The zero-order valence-electron chi connectivity index (χ0n) is 39.3. The van der Waals surface area contributed by atoms with E-state index in [0.29, 0.717) is 12.8 Å². The zero-order chi connectivity index (χ0) is 42.1. The molecule has 0 aromatic carbocycles. The summed E-state index contributed by atoms with van der Waals surface area (Å²) in [7, 11) is 0. The summed E-state index contributed by atoms with van der Waals surface area (Å²) in [6.45, 7) is 4.17. The molecular formula is C53H102O5. The maximum Gasteiger partial charge on any atom is 0.306 e. The van der Waals surface area contributed by atoms with E-state index in [0.717, 1.165) is 38.5 Å². The lowest BCUT2D eigenvalue weighted by atomic mass is 10.0. The van der Waals surface area contributed by atoms with E-state index in [4.69, 9.17) is 9.47 Å². The van der Waals surface area contributed by atoms with Gasteiger partial charge in [0.05, 0.1) is 6.61 Å². The molecule has 0 radical (unpaired) electrons. The van der Waals surface area contributed by atoms with Crippen LogP contribution in [0.5, 0.6) is 0 Å².